The SMILES string of the molecule is Nc1nc(N2CCCC(CN3CCN(c4ncccn4)CC3)C2)nc2nc(-c3ccco3)nn12. The van der Waals surface area contributed by atoms with Crippen molar-refractivity contribution >= 4 is 23.6 Å². The quantitative estimate of drug-likeness (QED) is 0.460. The van der Waals surface area contributed by atoms with Crippen molar-refractivity contribution in [1.29, 1.82) is 0 Å². The molecule has 1 atom stereocenters. The Bertz CT molecular complexity index is 1230. The Labute approximate surface area is 196 Å². The molecule has 1 unspecified atom stereocenters. The van der Waals surface area contributed by atoms with E-state index in [-0.39, 0.29) is 5.95 Å². The first-order chi connectivity index (χ1) is 16.7. The van der Waals surface area contributed by atoms with E-state index in [1.807, 2.05) is 6.07 Å². The highest BCUT2D eigenvalue weighted by Crippen LogP contribution is 2.24. The molecule has 34 heavy (non-hydrogen) atoms. The molecule has 12 heteroatoms. The number of rotatable bonds is 5. The minimum absolute atomic E-state index is 0.270. The van der Waals surface area contributed by atoms with Crippen molar-refractivity contribution in [1.82, 2.24) is 39.4 Å². The lowest BCUT2D eigenvalue weighted by molar-refractivity contribution is 0.204. The second kappa shape index (κ2) is 8.86. The van der Waals surface area contributed by atoms with Crippen molar-refractivity contribution in [3.8, 4) is 11.6 Å². The van der Waals surface area contributed by atoms with Gasteiger partial charge in [0.2, 0.25) is 23.7 Å². The number of piperidine rings is 1. The van der Waals surface area contributed by atoms with Gasteiger partial charge in [0.05, 0.1) is 6.26 Å². The molecule has 2 saturated heterocycles. The van der Waals surface area contributed by atoms with Gasteiger partial charge in [-0.3, -0.25) is 4.90 Å². The van der Waals surface area contributed by atoms with Crippen LogP contribution in [0.15, 0.2) is 41.3 Å². The fourth-order valence-electron chi connectivity index (χ4n) is 4.79. The third-order valence-electron chi connectivity index (χ3n) is 6.49. The van der Waals surface area contributed by atoms with Gasteiger partial charge in [-0.05, 0) is 37.0 Å². The molecule has 0 aliphatic carbocycles. The van der Waals surface area contributed by atoms with Crippen LogP contribution in [0, 0.1) is 5.92 Å². The van der Waals surface area contributed by atoms with Gasteiger partial charge in [0.1, 0.15) is 0 Å². The molecule has 2 N–H and O–H groups in total. The number of piperazine rings is 1. The van der Waals surface area contributed by atoms with Gasteiger partial charge in [-0.1, -0.05) is 0 Å². The molecule has 12 nitrogen and oxygen atoms in total. The van der Waals surface area contributed by atoms with Crippen molar-refractivity contribution in [3.05, 3.63) is 36.9 Å². The Kier molecular flexibility index (Phi) is 5.41. The van der Waals surface area contributed by atoms with Crippen molar-refractivity contribution in [2.24, 2.45) is 5.92 Å². The number of furan rings is 1. The zero-order valence-corrected chi connectivity index (χ0v) is 18.9. The average Bonchev–Trinajstić information content (AvgIpc) is 3.56. The molecule has 2 aliphatic rings. The summed E-state index contributed by atoms with van der Waals surface area (Å²) < 4.78 is 6.86. The molecule has 0 aromatic carbocycles. The van der Waals surface area contributed by atoms with E-state index in [1.165, 1.54) is 10.9 Å². The van der Waals surface area contributed by atoms with E-state index in [2.05, 4.69) is 44.7 Å². The summed E-state index contributed by atoms with van der Waals surface area (Å²) in [5, 5.41) is 4.38. The number of fused-ring (bicyclic) bond motifs is 1. The molecule has 0 radical (unpaired) electrons. The molecular formula is C22H27N11O. The molecule has 4 aromatic rings. The highest BCUT2D eigenvalue weighted by Gasteiger charge is 2.27. The maximum atomic E-state index is 6.20. The Morgan fingerprint density at radius 3 is 2.59 bits per heavy atom. The fourth-order valence-corrected chi connectivity index (χ4v) is 4.79. The van der Waals surface area contributed by atoms with Gasteiger partial charge in [0.25, 0.3) is 5.78 Å². The normalized spacial score (nSPS) is 19.7. The third kappa shape index (κ3) is 4.12. The van der Waals surface area contributed by atoms with Gasteiger partial charge >= 0.3 is 0 Å². The first kappa shape index (κ1) is 20.8. The van der Waals surface area contributed by atoms with Crippen LogP contribution in [0.4, 0.5) is 17.8 Å². The maximum absolute atomic E-state index is 6.20. The van der Waals surface area contributed by atoms with E-state index >= 15 is 0 Å². The van der Waals surface area contributed by atoms with Gasteiger partial charge in [-0.25, -0.2) is 9.97 Å². The average molecular weight is 462 g/mol. The number of anilines is 3. The molecule has 2 fully saturated rings. The Morgan fingerprint density at radius 2 is 1.79 bits per heavy atom. The minimum atomic E-state index is 0.270. The standard InChI is InChI=1S/C22H27N11O/c23-19-27-21(28-22-26-18(29-33(19)22)17-5-2-13-34-17)32-8-1-4-16(15-32)14-30-9-11-31(12-10-30)20-24-6-3-7-25-20/h2-3,5-7,13,16H,1,4,8-12,14-15H2,(H2,23,26,27,28,29). The Balaban J connectivity index is 1.11. The van der Waals surface area contributed by atoms with Crippen molar-refractivity contribution in [2.45, 2.75) is 12.8 Å². The number of aromatic nitrogens is 7. The van der Waals surface area contributed by atoms with E-state index < -0.39 is 0 Å². The van der Waals surface area contributed by atoms with Gasteiger partial charge in [-0.15, -0.1) is 5.10 Å². The minimum Gasteiger partial charge on any atom is -0.461 e. The Hall–Kier alpha value is -3.80. The van der Waals surface area contributed by atoms with E-state index in [0.717, 1.165) is 58.2 Å². The van der Waals surface area contributed by atoms with Crippen LogP contribution in [-0.4, -0.2) is 85.2 Å². The predicted octanol–water partition coefficient (Wildman–Crippen LogP) is 1.19. The highest BCUT2D eigenvalue weighted by atomic mass is 16.3. The van der Waals surface area contributed by atoms with Gasteiger partial charge < -0.3 is 20.0 Å². The number of nitrogen functional groups attached to an aromatic ring is 1. The lowest BCUT2D eigenvalue weighted by Crippen LogP contribution is -2.50. The van der Waals surface area contributed by atoms with E-state index in [9.17, 15) is 0 Å². The second-order valence-corrected chi connectivity index (χ2v) is 8.80. The summed E-state index contributed by atoms with van der Waals surface area (Å²) in [6.07, 6.45) is 7.49. The summed E-state index contributed by atoms with van der Waals surface area (Å²) in [6.45, 7) is 6.79. The zero-order chi connectivity index (χ0) is 22.9. The first-order valence-corrected chi connectivity index (χ1v) is 11.7. The number of nitrogens with two attached hydrogens (primary N) is 1. The van der Waals surface area contributed by atoms with Crippen LogP contribution in [0.2, 0.25) is 0 Å². The summed E-state index contributed by atoms with van der Waals surface area (Å²) >= 11 is 0. The zero-order valence-electron chi connectivity index (χ0n) is 18.9. The fraction of sp³-hybridized carbons (Fsp3) is 0.455. The molecule has 0 amide bonds. The summed E-state index contributed by atoms with van der Waals surface area (Å²) in [5.41, 5.74) is 6.20. The van der Waals surface area contributed by atoms with Crippen molar-refractivity contribution in [2.75, 3.05) is 61.3 Å². The molecule has 6 rings (SSSR count). The van der Waals surface area contributed by atoms with Crippen LogP contribution in [0.25, 0.3) is 17.4 Å². The summed E-state index contributed by atoms with van der Waals surface area (Å²) in [7, 11) is 0. The predicted molar refractivity (Wildman–Crippen MR) is 126 cm³/mol. The number of hydrogen-bond acceptors (Lipinski definition) is 11. The largest absolute Gasteiger partial charge is 0.461 e. The van der Waals surface area contributed by atoms with Crippen LogP contribution in [0.5, 0.6) is 0 Å². The van der Waals surface area contributed by atoms with Crippen LogP contribution < -0.4 is 15.5 Å². The van der Waals surface area contributed by atoms with Crippen molar-refractivity contribution < 1.29 is 4.42 Å². The molecule has 176 valence electrons. The summed E-state index contributed by atoms with van der Waals surface area (Å²) in [4.78, 5) is 29.5. The molecule has 0 spiro atoms. The lowest BCUT2D eigenvalue weighted by Gasteiger charge is -2.39. The topological polar surface area (TPSA) is 131 Å². The smallest absolute Gasteiger partial charge is 0.259 e. The van der Waals surface area contributed by atoms with Crippen LogP contribution in [0.3, 0.4) is 0 Å². The Morgan fingerprint density at radius 1 is 0.941 bits per heavy atom. The molecular weight excluding hydrogens is 434 g/mol. The molecule has 0 bridgehead atoms. The molecule has 2 aliphatic heterocycles. The lowest BCUT2D eigenvalue weighted by atomic mass is 9.97. The van der Waals surface area contributed by atoms with Crippen LogP contribution in [-0.2, 0) is 0 Å². The van der Waals surface area contributed by atoms with Crippen LogP contribution in [0.1, 0.15) is 12.8 Å². The molecule has 6 heterocycles. The van der Waals surface area contributed by atoms with Crippen molar-refractivity contribution in [3.63, 3.8) is 0 Å². The summed E-state index contributed by atoms with van der Waals surface area (Å²) in [6, 6.07) is 5.45. The second-order valence-electron chi connectivity index (χ2n) is 8.80. The van der Waals surface area contributed by atoms with Gasteiger partial charge in [0, 0.05) is 58.2 Å². The van der Waals surface area contributed by atoms with E-state index in [1.54, 1.807) is 30.8 Å². The first-order valence-electron chi connectivity index (χ1n) is 11.7. The van der Waals surface area contributed by atoms with E-state index in [0.29, 0.717) is 29.2 Å². The van der Waals surface area contributed by atoms with E-state index in [4.69, 9.17) is 10.2 Å². The molecule has 4 aromatic heterocycles. The maximum Gasteiger partial charge on any atom is 0.259 e. The van der Waals surface area contributed by atoms with Gasteiger partial charge in [0.15, 0.2) is 5.76 Å². The van der Waals surface area contributed by atoms with Gasteiger partial charge in [-0.2, -0.15) is 19.5 Å². The number of hydrogen-bond donors (Lipinski definition) is 1. The number of nitrogens with zero attached hydrogens (tertiary/aromatic N) is 10. The van der Waals surface area contributed by atoms with Crippen LogP contribution >= 0.6 is 0 Å². The third-order valence-corrected chi connectivity index (χ3v) is 6.49. The monoisotopic (exact) mass is 461 g/mol. The summed E-state index contributed by atoms with van der Waals surface area (Å²) in [5.74, 6) is 3.69. The highest BCUT2D eigenvalue weighted by molar-refractivity contribution is 5.53. The molecule has 0 saturated carbocycles.